The molecule has 0 spiro atoms. The van der Waals surface area contributed by atoms with Gasteiger partial charge in [0.15, 0.2) is 11.5 Å². The van der Waals surface area contributed by atoms with Crippen LogP contribution in [0.3, 0.4) is 0 Å². The Morgan fingerprint density at radius 3 is 1.95 bits per heavy atom. The van der Waals surface area contributed by atoms with Crippen LogP contribution >= 0.6 is 0 Å². The first kappa shape index (κ1) is 30.9. The Bertz CT molecular complexity index is 1120. The summed E-state index contributed by atoms with van der Waals surface area (Å²) in [6, 6.07) is 11.5. The number of rotatable bonds is 13. The maximum Gasteiger partial charge on any atom is 0.516 e. The van der Waals surface area contributed by atoms with E-state index < -0.39 is 42.6 Å². The number of carbonyl (C=O) groups is 4. The van der Waals surface area contributed by atoms with Gasteiger partial charge in [-0.25, -0.2) is 19.2 Å². The lowest BCUT2D eigenvalue weighted by Crippen LogP contribution is -2.59. The van der Waals surface area contributed by atoms with Crippen molar-refractivity contribution in [1.29, 1.82) is 0 Å². The van der Waals surface area contributed by atoms with E-state index in [2.05, 4.69) is 5.32 Å². The van der Waals surface area contributed by atoms with E-state index in [1.54, 1.807) is 45.9 Å². The lowest BCUT2D eigenvalue weighted by atomic mass is 10.0. The van der Waals surface area contributed by atoms with E-state index in [1.807, 2.05) is 0 Å². The smallest absolute Gasteiger partial charge is 0.477 e. The Morgan fingerprint density at radius 2 is 1.41 bits per heavy atom. The molecule has 0 fully saturated rings. The number of aliphatic carboxylic acids is 1. The Labute approximate surface area is 226 Å². The van der Waals surface area contributed by atoms with E-state index in [-0.39, 0.29) is 36.0 Å². The third-order valence-electron chi connectivity index (χ3n) is 4.77. The highest BCUT2D eigenvalue weighted by molar-refractivity contribution is 5.81. The van der Waals surface area contributed by atoms with Crippen LogP contribution in [0.25, 0.3) is 0 Å². The first-order chi connectivity index (χ1) is 18.6. The van der Waals surface area contributed by atoms with Crippen molar-refractivity contribution in [2.45, 2.75) is 58.7 Å². The number of nitrogens with one attached hydrogen (secondary N) is 1. The van der Waals surface area contributed by atoms with Gasteiger partial charge in [-0.2, -0.15) is 0 Å². The summed E-state index contributed by atoms with van der Waals surface area (Å²) in [6.07, 6.45) is -2.66. The Morgan fingerprint density at radius 1 is 0.821 bits per heavy atom. The van der Waals surface area contributed by atoms with Crippen molar-refractivity contribution in [1.82, 2.24) is 5.32 Å². The number of carboxylic acid groups (broad SMARTS) is 1. The van der Waals surface area contributed by atoms with Gasteiger partial charge in [0.25, 0.3) is 5.72 Å². The number of ether oxygens (including phenoxy) is 6. The molecule has 2 rings (SSSR count). The number of para-hydroxylation sites is 1. The summed E-state index contributed by atoms with van der Waals surface area (Å²) in [7, 11) is 0. The summed E-state index contributed by atoms with van der Waals surface area (Å²) < 4.78 is 30.7. The molecule has 0 unspecified atom stereocenters. The lowest BCUT2D eigenvalue weighted by molar-refractivity contribution is -0.165. The molecule has 0 amide bonds. The highest BCUT2D eigenvalue weighted by atomic mass is 16.8. The van der Waals surface area contributed by atoms with Gasteiger partial charge < -0.3 is 33.5 Å². The molecule has 0 bridgehead atoms. The summed E-state index contributed by atoms with van der Waals surface area (Å²) in [5, 5.41) is 12.9. The number of benzene rings is 2. The molecule has 12 heteroatoms. The quantitative estimate of drug-likeness (QED) is 0.149. The van der Waals surface area contributed by atoms with Crippen LogP contribution in [0.15, 0.2) is 48.5 Å². The second-order valence-electron chi connectivity index (χ2n) is 8.56. The Hall–Kier alpha value is -4.32. The van der Waals surface area contributed by atoms with Crippen molar-refractivity contribution in [2.75, 3.05) is 13.2 Å². The van der Waals surface area contributed by atoms with Gasteiger partial charge in [0, 0.05) is 12.5 Å². The monoisotopic (exact) mass is 547 g/mol. The lowest BCUT2D eigenvalue weighted by Gasteiger charge is -2.31. The molecule has 0 aliphatic carbocycles. The molecule has 39 heavy (non-hydrogen) atoms. The van der Waals surface area contributed by atoms with Gasteiger partial charge in [-0.3, -0.25) is 5.32 Å². The Kier molecular flexibility index (Phi) is 12.0. The van der Waals surface area contributed by atoms with Crippen LogP contribution in [-0.4, -0.2) is 54.5 Å². The van der Waals surface area contributed by atoms with Gasteiger partial charge in [0.05, 0.1) is 13.2 Å². The average molecular weight is 548 g/mol. The fourth-order valence-corrected chi connectivity index (χ4v) is 3.24. The topological polar surface area (TPSA) is 156 Å². The minimum absolute atomic E-state index is 0.0883. The maximum atomic E-state index is 12.6. The van der Waals surface area contributed by atoms with Gasteiger partial charge in [-0.05, 0) is 56.5 Å². The largest absolute Gasteiger partial charge is 0.516 e. The molecule has 0 radical (unpaired) electrons. The SMILES string of the molecule is CCCOC(=O)Oc1ccc(C[C@](NC(C)C)(OC(=O)Oc2ccccc2)C(=O)O)cc1OC(=O)OCCC. The molecular weight excluding hydrogens is 514 g/mol. The van der Waals surface area contributed by atoms with Gasteiger partial charge >= 0.3 is 24.4 Å². The first-order valence-corrected chi connectivity index (χ1v) is 12.4. The van der Waals surface area contributed by atoms with Gasteiger partial charge in [-0.15, -0.1) is 0 Å². The van der Waals surface area contributed by atoms with Crippen LogP contribution in [0, 0.1) is 0 Å². The van der Waals surface area contributed by atoms with Gasteiger partial charge in [0.2, 0.25) is 0 Å². The average Bonchev–Trinajstić information content (AvgIpc) is 2.87. The normalized spacial score (nSPS) is 12.1. The zero-order valence-corrected chi connectivity index (χ0v) is 22.3. The van der Waals surface area contributed by atoms with Crippen LogP contribution in [0.2, 0.25) is 0 Å². The minimum Gasteiger partial charge on any atom is -0.477 e. The highest BCUT2D eigenvalue weighted by Gasteiger charge is 2.44. The van der Waals surface area contributed by atoms with Crippen molar-refractivity contribution in [3.05, 3.63) is 54.1 Å². The molecule has 12 nitrogen and oxygen atoms in total. The second kappa shape index (κ2) is 15.2. The molecule has 0 heterocycles. The molecular formula is C27H33NO11. The molecule has 0 aliphatic heterocycles. The minimum atomic E-state index is -2.28. The molecule has 0 saturated heterocycles. The van der Waals surface area contributed by atoms with Crippen LogP contribution in [0.5, 0.6) is 17.2 Å². The number of carboxylic acids is 1. The van der Waals surface area contributed by atoms with Crippen LogP contribution in [0.4, 0.5) is 14.4 Å². The Balaban J connectivity index is 2.39. The molecule has 1 atom stereocenters. The van der Waals surface area contributed by atoms with Crippen LogP contribution in [0.1, 0.15) is 46.1 Å². The summed E-state index contributed by atoms with van der Waals surface area (Å²) >= 11 is 0. The zero-order valence-electron chi connectivity index (χ0n) is 22.3. The fraction of sp³-hybridized carbons (Fsp3) is 0.407. The van der Waals surface area contributed by atoms with E-state index in [0.717, 1.165) is 0 Å². The van der Waals surface area contributed by atoms with Gasteiger partial charge in [0.1, 0.15) is 5.75 Å². The van der Waals surface area contributed by atoms with Crippen LogP contribution < -0.4 is 19.5 Å². The molecule has 0 aliphatic rings. The van der Waals surface area contributed by atoms with Crippen molar-refractivity contribution in [3.63, 3.8) is 0 Å². The standard InChI is InChI=1S/C27H33NO11/c1-5-14-34-24(31)37-21-13-12-19(16-22(21)38-25(32)35-15-6-2)17-27(23(29)30,28-18(3)4)39-26(33)36-20-10-8-7-9-11-20/h7-13,16,18,28H,5-6,14-15,17H2,1-4H3,(H,29,30)/t27-/m0/s1. The zero-order chi connectivity index (χ0) is 28.8. The molecule has 2 N–H and O–H groups in total. The van der Waals surface area contributed by atoms with Crippen LogP contribution in [-0.2, 0) is 25.4 Å². The van der Waals surface area contributed by atoms with E-state index in [1.165, 1.54) is 30.3 Å². The number of hydrogen-bond acceptors (Lipinski definition) is 11. The van der Waals surface area contributed by atoms with Gasteiger partial charge in [-0.1, -0.05) is 38.1 Å². The molecule has 0 saturated carbocycles. The predicted molar refractivity (Wildman–Crippen MR) is 137 cm³/mol. The number of hydrogen-bond donors (Lipinski definition) is 2. The number of carbonyl (C=O) groups excluding carboxylic acids is 3. The molecule has 0 aromatic heterocycles. The van der Waals surface area contributed by atoms with E-state index in [0.29, 0.717) is 12.8 Å². The molecule has 212 valence electrons. The summed E-state index contributed by atoms with van der Waals surface area (Å²) in [4.78, 5) is 49.2. The first-order valence-electron chi connectivity index (χ1n) is 12.4. The summed E-state index contributed by atoms with van der Waals surface area (Å²) in [5.41, 5.74) is -2.03. The maximum absolute atomic E-state index is 12.6. The van der Waals surface area contributed by atoms with Crippen molar-refractivity contribution in [2.24, 2.45) is 0 Å². The summed E-state index contributed by atoms with van der Waals surface area (Å²) in [5.74, 6) is -1.76. The van der Waals surface area contributed by atoms with Crippen molar-refractivity contribution < 1.29 is 52.7 Å². The van der Waals surface area contributed by atoms with Crippen molar-refractivity contribution in [3.8, 4) is 17.2 Å². The van der Waals surface area contributed by atoms with E-state index in [9.17, 15) is 24.3 Å². The molecule has 2 aromatic rings. The van der Waals surface area contributed by atoms with Crippen molar-refractivity contribution >= 4 is 24.4 Å². The third kappa shape index (κ3) is 10.2. The van der Waals surface area contributed by atoms with E-state index >= 15 is 0 Å². The predicted octanol–water partition coefficient (Wildman–Crippen LogP) is 5.07. The molecule has 2 aromatic carbocycles. The summed E-state index contributed by atoms with van der Waals surface area (Å²) in [6.45, 7) is 7.14. The second-order valence-corrected chi connectivity index (χ2v) is 8.56. The third-order valence-corrected chi connectivity index (χ3v) is 4.77. The van der Waals surface area contributed by atoms with E-state index in [4.69, 9.17) is 28.4 Å². The highest BCUT2D eigenvalue weighted by Crippen LogP contribution is 2.31. The fourth-order valence-electron chi connectivity index (χ4n) is 3.24.